The summed E-state index contributed by atoms with van der Waals surface area (Å²) in [7, 11) is 4.58. The predicted octanol–water partition coefficient (Wildman–Crippen LogP) is 3.87. The number of benzene rings is 2. The fraction of sp³-hybridized carbons (Fsp3) is 0.263. The van der Waals surface area contributed by atoms with E-state index >= 15 is 0 Å². The van der Waals surface area contributed by atoms with Gasteiger partial charge in [-0.3, -0.25) is 0 Å². The molecule has 7 nitrogen and oxygen atoms in total. The van der Waals surface area contributed by atoms with Gasteiger partial charge in [-0.25, -0.2) is 9.97 Å². The van der Waals surface area contributed by atoms with Crippen LogP contribution in [0.2, 0.25) is 0 Å². The highest BCUT2D eigenvalue weighted by Gasteiger charge is 2.19. The van der Waals surface area contributed by atoms with Gasteiger partial charge in [0, 0.05) is 6.54 Å². The van der Waals surface area contributed by atoms with Crippen molar-refractivity contribution in [1.82, 2.24) is 9.97 Å². The lowest BCUT2D eigenvalue weighted by atomic mass is 10.1. The molecule has 0 unspecified atom stereocenters. The van der Waals surface area contributed by atoms with E-state index in [-0.39, 0.29) is 5.75 Å². The van der Waals surface area contributed by atoms with E-state index in [4.69, 9.17) is 14.2 Å². The molecule has 0 radical (unpaired) electrons. The Bertz CT molecular complexity index is 952. The average molecular weight is 391 g/mol. The van der Waals surface area contributed by atoms with E-state index < -0.39 is 6.61 Å². The monoisotopic (exact) mass is 391 g/mol. The molecule has 0 fully saturated rings. The van der Waals surface area contributed by atoms with Crippen molar-refractivity contribution in [3.8, 4) is 23.0 Å². The summed E-state index contributed by atoms with van der Waals surface area (Å²) in [6.45, 7) is -2.43. The van der Waals surface area contributed by atoms with E-state index in [2.05, 4.69) is 20.0 Å². The molecular weight excluding hydrogens is 372 g/mol. The first-order valence-electron chi connectivity index (χ1n) is 8.28. The second-order valence-electron chi connectivity index (χ2n) is 5.64. The molecule has 148 valence electrons. The molecule has 0 aliphatic rings. The number of hydrogen-bond donors (Lipinski definition) is 1. The van der Waals surface area contributed by atoms with Gasteiger partial charge in [0.05, 0.1) is 26.7 Å². The van der Waals surface area contributed by atoms with Crippen LogP contribution in [0.3, 0.4) is 0 Å². The first-order chi connectivity index (χ1) is 13.6. The molecule has 1 heterocycles. The number of hydrogen-bond acceptors (Lipinski definition) is 7. The number of alkyl halides is 2. The maximum Gasteiger partial charge on any atom is 0.387 e. The van der Waals surface area contributed by atoms with Crippen molar-refractivity contribution in [1.29, 1.82) is 0 Å². The zero-order valence-corrected chi connectivity index (χ0v) is 15.5. The van der Waals surface area contributed by atoms with Gasteiger partial charge in [-0.05, 0) is 23.8 Å². The van der Waals surface area contributed by atoms with Gasteiger partial charge in [0.2, 0.25) is 5.75 Å². The van der Waals surface area contributed by atoms with E-state index in [0.717, 1.165) is 5.56 Å². The molecule has 9 heteroatoms. The standard InChI is InChI=1S/C19H19F2N3O4/c1-25-14-8-13-15(17(27-3)16(14)26-2)23-10-24-18(13)22-9-11-4-6-12(7-5-11)28-19(20)21/h4-8,10,19H,9H2,1-3H3,(H,22,23,24). The molecule has 1 N–H and O–H groups in total. The summed E-state index contributed by atoms with van der Waals surface area (Å²) in [5.74, 6) is 2.04. The van der Waals surface area contributed by atoms with Gasteiger partial charge in [-0.1, -0.05) is 12.1 Å². The highest BCUT2D eigenvalue weighted by molar-refractivity contribution is 5.96. The van der Waals surface area contributed by atoms with Crippen LogP contribution in [0.1, 0.15) is 5.56 Å². The molecule has 0 saturated carbocycles. The Hall–Kier alpha value is -3.36. The SMILES string of the molecule is COc1cc2c(NCc3ccc(OC(F)F)cc3)ncnc2c(OC)c1OC. The molecular formula is C19H19F2N3O4. The maximum absolute atomic E-state index is 12.2. The number of ether oxygens (including phenoxy) is 4. The molecule has 1 aromatic heterocycles. The third-order valence-electron chi connectivity index (χ3n) is 4.04. The Morgan fingerprint density at radius 2 is 1.68 bits per heavy atom. The van der Waals surface area contributed by atoms with Crippen molar-refractivity contribution in [2.24, 2.45) is 0 Å². The van der Waals surface area contributed by atoms with Crippen LogP contribution in [0.4, 0.5) is 14.6 Å². The normalized spacial score (nSPS) is 10.8. The Balaban J connectivity index is 1.89. The number of aromatic nitrogens is 2. The third kappa shape index (κ3) is 3.98. The summed E-state index contributed by atoms with van der Waals surface area (Å²) < 4.78 is 45.0. The number of rotatable bonds is 8. The van der Waals surface area contributed by atoms with Gasteiger partial charge in [0.15, 0.2) is 11.5 Å². The fourth-order valence-electron chi connectivity index (χ4n) is 2.78. The van der Waals surface area contributed by atoms with Crippen LogP contribution >= 0.6 is 0 Å². The van der Waals surface area contributed by atoms with Crippen LogP contribution in [-0.2, 0) is 6.54 Å². The molecule has 0 amide bonds. The lowest BCUT2D eigenvalue weighted by Crippen LogP contribution is -2.05. The number of methoxy groups -OCH3 is 3. The van der Waals surface area contributed by atoms with Crippen molar-refractivity contribution in [2.45, 2.75) is 13.2 Å². The summed E-state index contributed by atoms with van der Waals surface area (Å²) >= 11 is 0. The predicted molar refractivity (Wildman–Crippen MR) is 99.6 cm³/mol. The summed E-state index contributed by atoms with van der Waals surface area (Å²) in [6.07, 6.45) is 1.42. The molecule has 0 bridgehead atoms. The molecule has 3 aromatic rings. The highest BCUT2D eigenvalue weighted by atomic mass is 19.3. The second kappa shape index (κ2) is 8.55. The molecule has 0 aliphatic heterocycles. The number of fused-ring (bicyclic) bond motifs is 1. The second-order valence-corrected chi connectivity index (χ2v) is 5.64. The number of nitrogens with one attached hydrogen (secondary N) is 1. The Labute approximate surface area is 160 Å². The van der Waals surface area contributed by atoms with Crippen LogP contribution < -0.4 is 24.3 Å². The Morgan fingerprint density at radius 3 is 2.29 bits per heavy atom. The minimum absolute atomic E-state index is 0.104. The number of nitrogens with zero attached hydrogens (tertiary/aromatic N) is 2. The number of halogens is 2. The van der Waals surface area contributed by atoms with Crippen LogP contribution in [0.15, 0.2) is 36.7 Å². The van der Waals surface area contributed by atoms with E-state index in [1.54, 1.807) is 18.2 Å². The highest BCUT2D eigenvalue weighted by Crippen LogP contribution is 2.43. The summed E-state index contributed by atoms with van der Waals surface area (Å²) in [5.41, 5.74) is 1.43. The molecule has 0 aliphatic carbocycles. The molecule has 28 heavy (non-hydrogen) atoms. The van der Waals surface area contributed by atoms with Crippen molar-refractivity contribution >= 4 is 16.7 Å². The van der Waals surface area contributed by atoms with Gasteiger partial charge in [-0.15, -0.1) is 0 Å². The van der Waals surface area contributed by atoms with Gasteiger partial charge >= 0.3 is 6.61 Å². The summed E-state index contributed by atoms with van der Waals surface area (Å²) in [4.78, 5) is 8.58. The Kier molecular flexibility index (Phi) is 5.93. The van der Waals surface area contributed by atoms with Gasteiger partial charge < -0.3 is 24.3 Å². The van der Waals surface area contributed by atoms with E-state index in [0.29, 0.717) is 40.5 Å². The van der Waals surface area contributed by atoms with Crippen molar-refractivity contribution in [2.75, 3.05) is 26.6 Å². The molecule has 0 atom stereocenters. The lowest BCUT2D eigenvalue weighted by Gasteiger charge is -2.16. The van der Waals surface area contributed by atoms with Gasteiger partial charge in [0.1, 0.15) is 23.4 Å². The van der Waals surface area contributed by atoms with Crippen LogP contribution in [0.5, 0.6) is 23.0 Å². The zero-order valence-electron chi connectivity index (χ0n) is 15.5. The Morgan fingerprint density at radius 1 is 0.964 bits per heavy atom. The maximum atomic E-state index is 12.2. The van der Waals surface area contributed by atoms with E-state index in [9.17, 15) is 8.78 Å². The van der Waals surface area contributed by atoms with E-state index in [1.165, 1.54) is 39.8 Å². The van der Waals surface area contributed by atoms with Crippen LogP contribution in [0.25, 0.3) is 10.9 Å². The van der Waals surface area contributed by atoms with Gasteiger partial charge in [-0.2, -0.15) is 8.78 Å². The third-order valence-corrected chi connectivity index (χ3v) is 4.04. The average Bonchev–Trinajstić information content (AvgIpc) is 2.71. The minimum Gasteiger partial charge on any atom is -0.493 e. The molecule has 0 saturated heterocycles. The van der Waals surface area contributed by atoms with Crippen molar-refractivity contribution < 1.29 is 27.7 Å². The molecule has 0 spiro atoms. The first kappa shape index (κ1) is 19.4. The molecule has 3 rings (SSSR count). The van der Waals surface area contributed by atoms with Crippen LogP contribution in [-0.4, -0.2) is 37.9 Å². The van der Waals surface area contributed by atoms with Gasteiger partial charge in [0.25, 0.3) is 0 Å². The quantitative estimate of drug-likeness (QED) is 0.625. The number of anilines is 1. The van der Waals surface area contributed by atoms with Crippen LogP contribution in [0, 0.1) is 0 Å². The fourth-order valence-corrected chi connectivity index (χ4v) is 2.78. The summed E-state index contributed by atoms with van der Waals surface area (Å²) in [5, 5.41) is 3.90. The topological polar surface area (TPSA) is 74.7 Å². The van der Waals surface area contributed by atoms with Crippen molar-refractivity contribution in [3.63, 3.8) is 0 Å². The minimum atomic E-state index is -2.85. The molecule has 2 aromatic carbocycles. The smallest absolute Gasteiger partial charge is 0.387 e. The van der Waals surface area contributed by atoms with E-state index in [1.807, 2.05) is 0 Å². The van der Waals surface area contributed by atoms with Crippen molar-refractivity contribution in [3.05, 3.63) is 42.2 Å². The first-order valence-corrected chi connectivity index (χ1v) is 8.28. The zero-order chi connectivity index (χ0) is 20.1. The lowest BCUT2D eigenvalue weighted by molar-refractivity contribution is -0.0498. The largest absolute Gasteiger partial charge is 0.493 e. The summed E-state index contributed by atoms with van der Waals surface area (Å²) in [6, 6.07) is 8.12.